The molecule has 0 aliphatic heterocycles. The first-order chi connectivity index (χ1) is 12.5. The summed E-state index contributed by atoms with van der Waals surface area (Å²) in [6, 6.07) is 4.41. The minimum absolute atomic E-state index is 0.000770. The van der Waals surface area contributed by atoms with Crippen LogP contribution in [0.25, 0.3) is 11.5 Å². The van der Waals surface area contributed by atoms with Gasteiger partial charge in [-0.15, -0.1) is 10.2 Å². The fourth-order valence-electron chi connectivity index (χ4n) is 2.54. The largest absolute Gasteiger partial charge is 0.452 e. The van der Waals surface area contributed by atoms with Gasteiger partial charge in [-0.05, 0) is 25.0 Å². The van der Waals surface area contributed by atoms with Crippen molar-refractivity contribution >= 4 is 11.6 Å². The standard InChI is InChI=1S/C16H10ClF3N4O2/c17-9-2-1-3-10(18)11(9)16(4-5-16)26-15-21-6-8(7-22-15)13-23-24-14(25-13)12(19)20/h1-3,6-7,12H,4-5H2. The van der Waals surface area contributed by atoms with Gasteiger partial charge in [-0.3, -0.25) is 0 Å². The number of rotatable bonds is 5. The molecule has 2 heterocycles. The molecule has 1 aliphatic rings. The second kappa shape index (κ2) is 6.24. The molecular formula is C16H10ClF3N4O2. The highest BCUT2D eigenvalue weighted by Crippen LogP contribution is 2.51. The second-order valence-electron chi connectivity index (χ2n) is 5.69. The SMILES string of the molecule is Fc1cccc(Cl)c1C1(Oc2ncc(-c3nnc(C(F)F)o3)cn2)CC1. The van der Waals surface area contributed by atoms with E-state index in [0.717, 1.165) is 0 Å². The summed E-state index contributed by atoms with van der Waals surface area (Å²) in [5.41, 5.74) is -0.379. The fraction of sp³-hybridized carbons (Fsp3) is 0.250. The molecule has 0 N–H and O–H groups in total. The Morgan fingerprint density at radius 2 is 1.88 bits per heavy atom. The topological polar surface area (TPSA) is 73.9 Å². The van der Waals surface area contributed by atoms with E-state index in [-0.39, 0.29) is 28.1 Å². The van der Waals surface area contributed by atoms with Gasteiger partial charge in [0.2, 0.25) is 0 Å². The first kappa shape index (κ1) is 16.8. The minimum Gasteiger partial charge on any atom is -0.452 e. The third-order valence-corrected chi connectivity index (χ3v) is 4.23. The normalized spacial score (nSPS) is 15.3. The third-order valence-electron chi connectivity index (χ3n) is 3.91. The molecule has 2 aromatic heterocycles. The van der Waals surface area contributed by atoms with Gasteiger partial charge in [0.1, 0.15) is 11.4 Å². The van der Waals surface area contributed by atoms with Crippen molar-refractivity contribution in [3.8, 4) is 17.5 Å². The quantitative estimate of drug-likeness (QED) is 0.654. The highest BCUT2D eigenvalue weighted by atomic mass is 35.5. The molecule has 0 atom stereocenters. The Hall–Kier alpha value is -2.68. The van der Waals surface area contributed by atoms with Crippen LogP contribution in [0.15, 0.2) is 35.0 Å². The molecule has 10 heteroatoms. The molecule has 1 saturated carbocycles. The summed E-state index contributed by atoms with van der Waals surface area (Å²) >= 11 is 6.10. The molecule has 0 bridgehead atoms. The molecule has 0 spiro atoms. The van der Waals surface area contributed by atoms with Gasteiger partial charge in [0.25, 0.3) is 11.8 Å². The smallest absolute Gasteiger partial charge is 0.317 e. The van der Waals surface area contributed by atoms with Crippen molar-refractivity contribution in [3.63, 3.8) is 0 Å². The first-order valence-electron chi connectivity index (χ1n) is 7.56. The fourth-order valence-corrected chi connectivity index (χ4v) is 2.88. The van der Waals surface area contributed by atoms with Crippen LogP contribution in [0.2, 0.25) is 5.02 Å². The average molecular weight is 383 g/mol. The monoisotopic (exact) mass is 382 g/mol. The number of hydrogen-bond acceptors (Lipinski definition) is 6. The maximum Gasteiger partial charge on any atom is 0.317 e. The number of halogens is 4. The van der Waals surface area contributed by atoms with Crippen LogP contribution < -0.4 is 4.74 Å². The number of alkyl halides is 2. The molecule has 6 nitrogen and oxygen atoms in total. The summed E-state index contributed by atoms with van der Waals surface area (Å²) in [5, 5.41) is 7.01. The lowest BCUT2D eigenvalue weighted by Gasteiger charge is -2.18. The van der Waals surface area contributed by atoms with Crippen LogP contribution >= 0.6 is 11.6 Å². The molecule has 4 rings (SSSR count). The average Bonchev–Trinajstić information content (AvgIpc) is 3.19. The van der Waals surface area contributed by atoms with Crippen molar-refractivity contribution in [1.82, 2.24) is 20.2 Å². The lowest BCUT2D eigenvalue weighted by molar-refractivity contribution is 0.116. The van der Waals surface area contributed by atoms with Crippen molar-refractivity contribution in [2.75, 3.05) is 0 Å². The molecule has 26 heavy (non-hydrogen) atoms. The van der Waals surface area contributed by atoms with Crippen LogP contribution in [0.1, 0.15) is 30.7 Å². The third kappa shape index (κ3) is 2.98. The summed E-state index contributed by atoms with van der Waals surface area (Å²) < 4.78 is 49.7. The molecule has 1 fully saturated rings. The van der Waals surface area contributed by atoms with Crippen LogP contribution in [0.4, 0.5) is 13.2 Å². The van der Waals surface area contributed by atoms with Gasteiger partial charge in [-0.2, -0.15) is 8.78 Å². The number of nitrogens with zero attached hydrogens (tertiary/aromatic N) is 4. The van der Waals surface area contributed by atoms with Crippen molar-refractivity contribution in [2.45, 2.75) is 24.9 Å². The molecule has 0 amide bonds. The van der Waals surface area contributed by atoms with E-state index in [2.05, 4.69) is 20.2 Å². The maximum atomic E-state index is 14.1. The zero-order chi connectivity index (χ0) is 18.3. The Kier molecular flexibility index (Phi) is 4.03. The van der Waals surface area contributed by atoms with E-state index in [1.54, 1.807) is 6.07 Å². The van der Waals surface area contributed by atoms with Crippen molar-refractivity contribution < 1.29 is 22.3 Å². The lowest BCUT2D eigenvalue weighted by Crippen LogP contribution is -2.19. The van der Waals surface area contributed by atoms with Gasteiger partial charge < -0.3 is 9.15 Å². The molecule has 0 radical (unpaired) electrons. The Morgan fingerprint density at radius 1 is 1.15 bits per heavy atom. The van der Waals surface area contributed by atoms with Gasteiger partial charge in [0.05, 0.1) is 10.6 Å². The van der Waals surface area contributed by atoms with Crippen molar-refractivity contribution in [2.24, 2.45) is 0 Å². The Labute approximate surface area is 150 Å². The Bertz CT molecular complexity index is 925. The van der Waals surface area contributed by atoms with Crippen molar-refractivity contribution in [3.05, 3.63) is 52.9 Å². The highest BCUT2D eigenvalue weighted by Gasteiger charge is 2.51. The molecule has 3 aromatic rings. The van der Waals surface area contributed by atoms with Gasteiger partial charge in [0.15, 0.2) is 0 Å². The summed E-state index contributed by atoms with van der Waals surface area (Å²) in [4.78, 5) is 8.01. The van der Waals surface area contributed by atoms with E-state index in [4.69, 9.17) is 20.8 Å². The van der Waals surface area contributed by atoms with Crippen molar-refractivity contribution in [1.29, 1.82) is 0 Å². The number of aromatic nitrogens is 4. The van der Waals surface area contributed by atoms with Crippen LogP contribution in [0.3, 0.4) is 0 Å². The molecular weight excluding hydrogens is 373 g/mol. The lowest BCUT2D eigenvalue weighted by atomic mass is 10.1. The van der Waals surface area contributed by atoms with Gasteiger partial charge >= 0.3 is 12.4 Å². The zero-order valence-corrected chi connectivity index (χ0v) is 13.8. The second-order valence-corrected chi connectivity index (χ2v) is 6.10. The summed E-state index contributed by atoms with van der Waals surface area (Å²) in [5.74, 6) is -1.38. The summed E-state index contributed by atoms with van der Waals surface area (Å²) in [6.45, 7) is 0. The maximum absolute atomic E-state index is 14.1. The van der Waals surface area contributed by atoms with Gasteiger partial charge in [0, 0.05) is 18.0 Å². The predicted molar refractivity (Wildman–Crippen MR) is 83.2 cm³/mol. The van der Waals surface area contributed by atoms with E-state index in [9.17, 15) is 13.2 Å². The van der Waals surface area contributed by atoms with Crippen LogP contribution in [0.5, 0.6) is 6.01 Å². The number of hydrogen-bond donors (Lipinski definition) is 0. The van der Waals surface area contributed by atoms with Crippen LogP contribution in [-0.2, 0) is 5.60 Å². The van der Waals surface area contributed by atoms with Gasteiger partial charge in [-0.25, -0.2) is 14.4 Å². The number of benzene rings is 1. The van der Waals surface area contributed by atoms with E-state index in [1.165, 1.54) is 24.5 Å². The first-order valence-corrected chi connectivity index (χ1v) is 7.94. The van der Waals surface area contributed by atoms with E-state index < -0.39 is 23.7 Å². The molecule has 0 unspecified atom stereocenters. The van der Waals surface area contributed by atoms with Crippen LogP contribution in [0, 0.1) is 5.82 Å². The summed E-state index contributed by atoms with van der Waals surface area (Å²) in [6.07, 6.45) is 0.870. The molecule has 0 saturated heterocycles. The minimum atomic E-state index is -2.86. The Morgan fingerprint density at radius 3 is 2.46 bits per heavy atom. The predicted octanol–water partition coefficient (Wildman–Crippen LogP) is 4.32. The molecule has 1 aromatic carbocycles. The van der Waals surface area contributed by atoms with E-state index >= 15 is 0 Å². The highest BCUT2D eigenvalue weighted by molar-refractivity contribution is 6.31. The van der Waals surface area contributed by atoms with Crippen LogP contribution in [-0.4, -0.2) is 20.2 Å². The molecule has 1 aliphatic carbocycles. The van der Waals surface area contributed by atoms with Gasteiger partial charge in [-0.1, -0.05) is 17.7 Å². The summed E-state index contributed by atoms with van der Waals surface area (Å²) in [7, 11) is 0. The molecule has 134 valence electrons. The number of ether oxygens (including phenoxy) is 1. The van der Waals surface area contributed by atoms with E-state index in [0.29, 0.717) is 12.8 Å². The Balaban J connectivity index is 1.56. The zero-order valence-electron chi connectivity index (χ0n) is 13.0. The van der Waals surface area contributed by atoms with E-state index in [1.807, 2.05) is 0 Å².